The van der Waals surface area contributed by atoms with Gasteiger partial charge in [0.15, 0.2) is 6.04 Å². The first-order valence-corrected chi connectivity index (χ1v) is 11.7. The maximum atomic E-state index is 13.5. The van der Waals surface area contributed by atoms with Crippen LogP contribution in [0.2, 0.25) is 0 Å². The highest BCUT2D eigenvalue weighted by Crippen LogP contribution is 2.28. The Bertz CT molecular complexity index is 1250. The molecule has 2 atom stereocenters. The molecule has 0 unspecified atom stereocenters. The van der Waals surface area contributed by atoms with Crippen LogP contribution in [0.3, 0.4) is 0 Å². The molecule has 0 heterocycles. The van der Waals surface area contributed by atoms with Gasteiger partial charge < -0.3 is 4.74 Å². The van der Waals surface area contributed by atoms with Gasteiger partial charge in [0.1, 0.15) is 5.60 Å². The third kappa shape index (κ3) is 5.60. The topological polar surface area (TPSA) is 38.7 Å². The normalized spacial score (nSPS) is 13.2. The second kappa shape index (κ2) is 10.0. The predicted molar refractivity (Wildman–Crippen MR) is 141 cm³/mol. The lowest BCUT2D eigenvalue weighted by Gasteiger charge is -2.26. The molecule has 0 N–H and O–H groups in total. The fraction of sp³-hybridized carbons (Fsp3) is 0.226. The summed E-state index contributed by atoms with van der Waals surface area (Å²) in [5.41, 5.74) is 3.16. The summed E-state index contributed by atoms with van der Waals surface area (Å²) in [6, 6.07) is 33.9. The second-order valence-electron chi connectivity index (χ2n) is 9.58. The molecule has 3 nitrogen and oxygen atoms in total. The SMILES string of the molecule is C[C@@H](c1ccc2ccccc2c1)[C@@H](N=C(c1ccccc1)c1ccccc1)C(=O)OC(C)(C)C. The molecule has 0 spiro atoms. The van der Waals surface area contributed by atoms with Crippen molar-refractivity contribution in [3.63, 3.8) is 0 Å². The molecular weight excluding hydrogens is 418 g/mol. The molecule has 4 rings (SSSR count). The van der Waals surface area contributed by atoms with Gasteiger partial charge in [-0.15, -0.1) is 0 Å². The molecule has 0 aliphatic carbocycles. The van der Waals surface area contributed by atoms with Crippen molar-refractivity contribution in [3.8, 4) is 0 Å². The van der Waals surface area contributed by atoms with E-state index < -0.39 is 11.6 Å². The molecule has 0 aliphatic heterocycles. The van der Waals surface area contributed by atoms with E-state index in [4.69, 9.17) is 9.73 Å². The van der Waals surface area contributed by atoms with Gasteiger partial charge in [-0.1, -0.05) is 110 Å². The maximum Gasteiger partial charge on any atom is 0.332 e. The monoisotopic (exact) mass is 449 g/mol. The summed E-state index contributed by atoms with van der Waals surface area (Å²) in [5.74, 6) is -0.501. The lowest BCUT2D eigenvalue weighted by Crippen LogP contribution is -2.34. The summed E-state index contributed by atoms with van der Waals surface area (Å²) in [6.45, 7) is 7.72. The van der Waals surface area contributed by atoms with Crippen LogP contribution >= 0.6 is 0 Å². The van der Waals surface area contributed by atoms with Gasteiger partial charge >= 0.3 is 5.97 Å². The Labute approximate surface area is 202 Å². The Kier molecular flexibility index (Phi) is 6.93. The van der Waals surface area contributed by atoms with Gasteiger partial charge in [0.05, 0.1) is 5.71 Å². The van der Waals surface area contributed by atoms with Crippen molar-refractivity contribution in [2.45, 2.75) is 45.3 Å². The molecule has 0 aromatic heterocycles. The van der Waals surface area contributed by atoms with Gasteiger partial charge in [-0.05, 0) is 37.1 Å². The number of fused-ring (bicyclic) bond motifs is 1. The zero-order valence-electron chi connectivity index (χ0n) is 20.2. The van der Waals surface area contributed by atoms with Gasteiger partial charge in [0.25, 0.3) is 0 Å². The zero-order chi connectivity index (χ0) is 24.1. The zero-order valence-corrected chi connectivity index (χ0v) is 20.2. The number of ether oxygens (including phenoxy) is 1. The Morgan fingerprint density at radius 2 is 1.26 bits per heavy atom. The van der Waals surface area contributed by atoms with Crippen LogP contribution in [0.1, 0.15) is 50.3 Å². The van der Waals surface area contributed by atoms with E-state index in [1.165, 1.54) is 5.39 Å². The maximum absolute atomic E-state index is 13.5. The Balaban J connectivity index is 1.83. The summed E-state index contributed by atoms with van der Waals surface area (Å²) in [5, 5.41) is 2.31. The lowest BCUT2D eigenvalue weighted by molar-refractivity contribution is -0.156. The molecule has 4 aromatic carbocycles. The van der Waals surface area contributed by atoms with Crippen LogP contribution in [0, 0.1) is 0 Å². The number of carbonyl (C=O) groups is 1. The lowest BCUT2D eigenvalue weighted by atomic mass is 9.91. The minimum absolute atomic E-state index is 0.179. The summed E-state index contributed by atoms with van der Waals surface area (Å²) in [6.07, 6.45) is 0. The van der Waals surface area contributed by atoms with E-state index >= 15 is 0 Å². The molecule has 0 bridgehead atoms. The predicted octanol–water partition coefficient (Wildman–Crippen LogP) is 7.19. The van der Waals surface area contributed by atoms with Gasteiger partial charge in [-0.3, -0.25) is 4.99 Å². The first-order chi connectivity index (χ1) is 16.3. The van der Waals surface area contributed by atoms with E-state index in [1.807, 2.05) is 93.6 Å². The van der Waals surface area contributed by atoms with Crippen LogP contribution in [0.25, 0.3) is 10.8 Å². The van der Waals surface area contributed by atoms with E-state index in [0.29, 0.717) is 0 Å². The highest BCUT2D eigenvalue weighted by atomic mass is 16.6. The highest BCUT2D eigenvalue weighted by Gasteiger charge is 2.31. The van der Waals surface area contributed by atoms with Crippen molar-refractivity contribution in [2.75, 3.05) is 0 Å². The van der Waals surface area contributed by atoms with Crippen LogP contribution in [-0.4, -0.2) is 23.3 Å². The molecule has 0 saturated carbocycles. The molecule has 0 aliphatic rings. The van der Waals surface area contributed by atoms with Crippen molar-refractivity contribution < 1.29 is 9.53 Å². The number of aliphatic imine (C=N–C) groups is 1. The Morgan fingerprint density at radius 1 is 0.735 bits per heavy atom. The van der Waals surface area contributed by atoms with Crippen molar-refractivity contribution in [2.24, 2.45) is 4.99 Å². The molecule has 0 saturated heterocycles. The van der Waals surface area contributed by atoms with Gasteiger partial charge in [-0.25, -0.2) is 4.79 Å². The van der Waals surface area contributed by atoms with Crippen LogP contribution in [0.4, 0.5) is 0 Å². The van der Waals surface area contributed by atoms with Crippen LogP contribution < -0.4 is 0 Å². The summed E-state index contributed by atoms with van der Waals surface area (Å²) in [7, 11) is 0. The summed E-state index contributed by atoms with van der Waals surface area (Å²) in [4.78, 5) is 18.6. The van der Waals surface area contributed by atoms with E-state index in [1.54, 1.807) is 0 Å². The van der Waals surface area contributed by atoms with Crippen molar-refractivity contribution in [3.05, 3.63) is 120 Å². The number of nitrogens with zero attached hydrogens (tertiary/aromatic N) is 1. The first kappa shape index (κ1) is 23.4. The van der Waals surface area contributed by atoms with Crippen LogP contribution in [-0.2, 0) is 9.53 Å². The second-order valence-corrected chi connectivity index (χ2v) is 9.58. The standard InChI is InChI=1S/C31H31NO2/c1-22(26-20-19-23-13-11-12-18-27(23)21-26)28(30(33)34-31(2,3)4)32-29(24-14-7-5-8-15-24)25-16-9-6-10-17-25/h5-22,28H,1-4H3/t22-,28+/m0/s1. The highest BCUT2D eigenvalue weighted by molar-refractivity contribution is 6.13. The largest absolute Gasteiger partial charge is 0.458 e. The quantitative estimate of drug-likeness (QED) is 0.231. The fourth-order valence-corrected chi connectivity index (χ4v) is 4.05. The number of benzene rings is 4. The van der Waals surface area contributed by atoms with E-state index in [0.717, 1.165) is 27.8 Å². The Hall–Kier alpha value is -3.72. The van der Waals surface area contributed by atoms with Gasteiger partial charge in [0, 0.05) is 17.0 Å². The number of rotatable bonds is 6. The molecule has 172 valence electrons. The van der Waals surface area contributed by atoms with E-state index in [2.05, 4.69) is 37.3 Å². The third-order valence-corrected chi connectivity index (χ3v) is 5.78. The van der Waals surface area contributed by atoms with Gasteiger partial charge in [-0.2, -0.15) is 0 Å². The Morgan fingerprint density at radius 3 is 1.82 bits per heavy atom. The third-order valence-electron chi connectivity index (χ3n) is 5.78. The van der Waals surface area contributed by atoms with Crippen molar-refractivity contribution in [1.82, 2.24) is 0 Å². The first-order valence-electron chi connectivity index (χ1n) is 11.7. The van der Waals surface area contributed by atoms with E-state index in [9.17, 15) is 4.79 Å². The van der Waals surface area contributed by atoms with E-state index in [-0.39, 0.29) is 11.9 Å². The minimum atomic E-state index is -0.698. The molecule has 0 radical (unpaired) electrons. The number of carbonyl (C=O) groups excluding carboxylic acids is 1. The smallest absolute Gasteiger partial charge is 0.332 e. The van der Waals surface area contributed by atoms with Gasteiger partial charge in [0.2, 0.25) is 0 Å². The molecule has 0 amide bonds. The molecule has 3 heteroatoms. The fourth-order valence-electron chi connectivity index (χ4n) is 4.05. The van der Waals surface area contributed by atoms with Crippen LogP contribution in [0.5, 0.6) is 0 Å². The van der Waals surface area contributed by atoms with Crippen molar-refractivity contribution >= 4 is 22.5 Å². The molecular formula is C31H31NO2. The molecule has 34 heavy (non-hydrogen) atoms. The molecule has 4 aromatic rings. The minimum Gasteiger partial charge on any atom is -0.458 e. The van der Waals surface area contributed by atoms with Crippen molar-refractivity contribution in [1.29, 1.82) is 0 Å². The number of esters is 1. The average molecular weight is 450 g/mol. The summed E-state index contributed by atoms with van der Waals surface area (Å²) < 4.78 is 5.86. The number of hydrogen-bond donors (Lipinski definition) is 0. The van der Waals surface area contributed by atoms with Crippen LogP contribution in [0.15, 0.2) is 108 Å². The summed E-state index contributed by atoms with van der Waals surface area (Å²) >= 11 is 0. The molecule has 0 fully saturated rings. The average Bonchev–Trinajstić information content (AvgIpc) is 2.84. The number of hydrogen-bond acceptors (Lipinski definition) is 3.